The molecule has 0 aliphatic carbocycles. The minimum absolute atomic E-state index is 0.0689. The van der Waals surface area contributed by atoms with E-state index in [1.807, 2.05) is 36.4 Å². The number of hydrazone groups is 2. The van der Waals surface area contributed by atoms with Gasteiger partial charge in [-0.1, -0.05) is 48.5 Å². The second kappa shape index (κ2) is 9.18. The average Bonchev–Trinajstić information content (AvgIpc) is 3.36. The topological polar surface area (TPSA) is 108 Å². The van der Waals surface area contributed by atoms with E-state index in [1.54, 1.807) is 50.2 Å². The maximum Gasteiger partial charge on any atom is 0.269 e. The Hall–Kier alpha value is -4.66. The van der Waals surface area contributed by atoms with Gasteiger partial charge < -0.3 is 0 Å². The summed E-state index contributed by atoms with van der Waals surface area (Å²) < 4.78 is 0. The smallest absolute Gasteiger partial charge is 0.269 e. The van der Waals surface area contributed by atoms with Crippen LogP contribution in [-0.2, 0) is 9.59 Å². The van der Waals surface area contributed by atoms with Crippen molar-refractivity contribution in [2.24, 2.45) is 22.0 Å². The number of hydrogen-bond donors (Lipinski definition) is 0. The molecule has 0 saturated heterocycles. The van der Waals surface area contributed by atoms with Crippen LogP contribution in [0.4, 0.5) is 17.1 Å². The second-order valence-electron chi connectivity index (χ2n) is 8.78. The number of para-hydroxylation sites is 2. The summed E-state index contributed by atoms with van der Waals surface area (Å²) in [6, 6.07) is 24.2. The predicted molar refractivity (Wildman–Crippen MR) is 137 cm³/mol. The molecule has 9 nitrogen and oxygen atoms in total. The van der Waals surface area contributed by atoms with Gasteiger partial charge >= 0.3 is 0 Å². The van der Waals surface area contributed by atoms with E-state index < -0.39 is 22.7 Å². The lowest BCUT2D eigenvalue weighted by molar-refractivity contribution is -0.384. The molecule has 2 aliphatic rings. The number of non-ortho nitro benzene ring substituents is 1. The van der Waals surface area contributed by atoms with Gasteiger partial charge in [0.2, 0.25) is 0 Å². The van der Waals surface area contributed by atoms with Crippen molar-refractivity contribution in [2.45, 2.75) is 19.8 Å². The van der Waals surface area contributed by atoms with Crippen LogP contribution < -0.4 is 10.0 Å². The molecule has 0 spiro atoms. The number of carbonyl (C=O) groups is 2. The van der Waals surface area contributed by atoms with Crippen LogP contribution in [0.5, 0.6) is 0 Å². The molecule has 180 valence electrons. The third kappa shape index (κ3) is 3.94. The van der Waals surface area contributed by atoms with Crippen LogP contribution in [0.25, 0.3) is 0 Å². The van der Waals surface area contributed by atoms with Crippen LogP contribution in [-0.4, -0.2) is 28.2 Å². The molecule has 0 saturated carbocycles. The third-order valence-corrected chi connectivity index (χ3v) is 6.57. The van der Waals surface area contributed by atoms with Gasteiger partial charge in [-0.25, -0.2) is 10.0 Å². The van der Waals surface area contributed by atoms with Crippen LogP contribution in [0.15, 0.2) is 95.1 Å². The van der Waals surface area contributed by atoms with Crippen molar-refractivity contribution < 1.29 is 14.5 Å². The van der Waals surface area contributed by atoms with Gasteiger partial charge in [-0.2, -0.15) is 10.2 Å². The lowest BCUT2D eigenvalue weighted by atomic mass is 9.73. The van der Waals surface area contributed by atoms with Crippen molar-refractivity contribution in [3.63, 3.8) is 0 Å². The fourth-order valence-corrected chi connectivity index (χ4v) is 4.89. The summed E-state index contributed by atoms with van der Waals surface area (Å²) in [4.78, 5) is 38.3. The first-order valence-corrected chi connectivity index (χ1v) is 11.5. The highest BCUT2D eigenvalue weighted by atomic mass is 16.6. The van der Waals surface area contributed by atoms with E-state index >= 15 is 0 Å². The summed E-state index contributed by atoms with van der Waals surface area (Å²) in [7, 11) is 0. The summed E-state index contributed by atoms with van der Waals surface area (Å²) in [6.07, 6.45) is 0. The van der Waals surface area contributed by atoms with Gasteiger partial charge in [-0.05, 0) is 43.7 Å². The number of anilines is 2. The van der Waals surface area contributed by atoms with Gasteiger partial charge in [-0.15, -0.1) is 0 Å². The minimum atomic E-state index is -0.749. The summed E-state index contributed by atoms with van der Waals surface area (Å²) in [5.41, 5.74) is 2.94. The van der Waals surface area contributed by atoms with Crippen molar-refractivity contribution in [1.29, 1.82) is 0 Å². The molecule has 3 aromatic carbocycles. The normalized spacial score (nSPS) is 20.4. The molecule has 9 heteroatoms. The Morgan fingerprint density at radius 1 is 0.722 bits per heavy atom. The van der Waals surface area contributed by atoms with Crippen LogP contribution in [0.2, 0.25) is 0 Å². The van der Waals surface area contributed by atoms with Gasteiger partial charge in [-0.3, -0.25) is 19.7 Å². The van der Waals surface area contributed by atoms with E-state index in [9.17, 15) is 19.7 Å². The van der Waals surface area contributed by atoms with Gasteiger partial charge in [0.05, 0.1) is 28.1 Å². The first kappa shape index (κ1) is 23.1. The molecule has 0 fully saturated rings. The Kier molecular flexibility index (Phi) is 5.89. The van der Waals surface area contributed by atoms with Crippen molar-refractivity contribution >= 4 is 40.3 Å². The number of nitrogens with zero attached hydrogens (tertiary/aromatic N) is 5. The number of rotatable bonds is 6. The minimum Gasteiger partial charge on any atom is -0.272 e. The zero-order chi connectivity index (χ0) is 25.4. The molecule has 0 radical (unpaired) electrons. The molecule has 2 amide bonds. The highest BCUT2D eigenvalue weighted by molar-refractivity contribution is 6.19. The number of nitro benzene ring substituents is 1. The number of hydrogen-bond acceptors (Lipinski definition) is 6. The highest BCUT2D eigenvalue weighted by Crippen LogP contribution is 2.42. The third-order valence-electron chi connectivity index (χ3n) is 6.57. The fourth-order valence-electron chi connectivity index (χ4n) is 4.89. The average molecular weight is 482 g/mol. The zero-order valence-electron chi connectivity index (χ0n) is 19.7. The van der Waals surface area contributed by atoms with E-state index in [2.05, 4.69) is 10.2 Å². The molecule has 3 aromatic rings. The number of carbonyl (C=O) groups excluding carboxylic acids is 2. The predicted octanol–water partition coefficient (Wildman–Crippen LogP) is 4.76. The Balaban J connectivity index is 1.58. The van der Waals surface area contributed by atoms with E-state index in [0.29, 0.717) is 28.4 Å². The van der Waals surface area contributed by atoms with Crippen LogP contribution in [0.1, 0.15) is 25.3 Å². The van der Waals surface area contributed by atoms with E-state index in [-0.39, 0.29) is 17.5 Å². The van der Waals surface area contributed by atoms with Crippen molar-refractivity contribution in [3.8, 4) is 0 Å². The molecule has 2 aliphatic heterocycles. The fraction of sp³-hybridized carbons (Fsp3) is 0.185. The summed E-state index contributed by atoms with van der Waals surface area (Å²) in [5.74, 6) is -2.68. The molecule has 5 rings (SSSR count). The summed E-state index contributed by atoms with van der Waals surface area (Å²) in [5, 5.41) is 23.0. The molecular formula is C27H23N5O4. The Labute approximate surface area is 207 Å². The zero-order valence-corrected chi connectivity index (χ0v) is 19.7. The van der Waals surface area contributed by atoms with E-state index in [4.69, 9.17) is 0 Å². The summed E-state index contributed by atoms with van der Waals surface area (Å²) in [6.45, 7) is 3.54. The van der Waals surface area contributed by atoms with Gasteiger partial charge in [0, 0.05) is 29.5 Å². The van der Waals surface area contributed by atoms with Gasteiger partial charge in [0.1, 0.15) is 0 Å². The Morgan fingerprint density at radius 2 is 1.14 bits per heavy atom. The molecule has 2 atom stereocenters. The molecule has 2 heterocycles. The number of nitro groups is 1. The first-order chi connectivity index (χ1) is 17.4. The number of benzene rings is 3. The Bertz CT molecular complexity index is 1310. The quantitative estimate of drug-likeness (QED) is 0.374. The Morgan fingerprint density at radius 3 is 1.53 bits per heavy atom. The summed E-state index contributed by atoms with van der Waals surface area (Å²) >= 11 is 0. The largest absolute Gasteiger partial charge is 0.272 e. The maximum atomic E-state index is 13.8. The highest BCUT2D eigenvalue weighted by Gasteiger charge is 2.50. The van der Waals surface area contributed by atoms with Crippen LogP contribution >= 0.6 is 0 Å². The lowest BCUT2D eigenvalue weighted by Crippen LogP contribution is -2.40. The van der Waals surface area contributed by atoms with Crippen molar-refractivity contribution in [1.82, 2.24) is 0 Å². The van der Waals surface area contributed by atoms with Gasteiger partial charge in [0.15, 0.2) is 0 Å². The number of amides is 2. The maximum absolute atomic E-state index is 13.8. The molecular weight excluding hydrogens is 458 g/mol. The molecule has 2 unspecified atom stereocenters. The molecule has 0 aromatic heterocycles. The SMILES string of the molecule is CC1=NN(c2ccccc2)C(=O)C1C(c1ccc([N+](=O)[O-])cc1)C1C(=O)N(c2ccccc2)N=C1C. The molecule has 0 N–H and O–H groups in total. The van der Waals surface area contributed by atoms with Crippen LogP contribution in [0.3, 0.4) is 0 Å². The lowest BCUT2D eigenvalue weighted by Gasteiger charge is -2.28. The van der Waals surface area contributed by atoms with E-state index in [1.165, 1.54) is 22.2 Å². The van der Waals surface area contributed by atoms with E-state index in [0.717, 1.165) is 0 Å². The monoisotopic (exact) mass is 481 g/mol. The van der Waals surface area contributed by atoms with Crippen molar-refractivity contribution in [2.75, 3.05) is 10.0 Å². The van der Waals surface area contributed by atoms with Crippen LogP contribution in [0, 0.1) is 22.0 Å². The standard InChI is InChI=1S/C27H23N5O4/c1-17-23(26(33)30(28-17)20-9-5-3-6-10-20)25(19-13-15-22(16-14-19)32(35)36)24-18(2)29-31(27(24)34)21-11-7-4-8-12-21/h3-16,23-25H,1-2H3. The second-order valence-corrected chi connectivity index (χ2v) is 8.78. The van der Waals surface area contributed by atoms with Crippen molar-refractivity contribution in [3.05, 3.63) is 101 Å². The van der Waals surface area contributed by atoms with Gasteiger partial charge in [0.25, 0.3) is 17.5 Å². The molecule has 0 bridgehead atoms. The molecule has 36 heavy (non-hydrogen) atoms. The first-order valence-electron chi connectivity index (χ1n) is 11.5.